The SMILES string of the molecule is CCc1cccc(C(C)(C)c2ccccc2)c1. The first-order chi connectivity index (χ1) is 8.14. The predicted octanol–water partition coefficient (Wildman–Crippen LogP) is 4.57. The van der Waals surface area contributed by atoms with Crippen molar-refractivity contribution in [3.8, 4) is 0 Å². The summed E-state index contributed by atoms with van der Waals surface area (Å²) in [5.74, 6) is 0. The summed E-state index contributed by atoms with van der Waals surface area (Å²) in [7, 11) is 0. The summed E-state index contributed by atoms with van der Waals surface area (Å²) in [4.78, 5) is 0. The molecule has 0 N–H and O–H groups in total. The number of hydrogen-bond acceptors (Lipinski definition) is 0. The molecule has 0 aliphatic heterocycles. The number of benzene rings is 2. The highest BCUT2D eigenvalue weighted by atomic mass is 14.3. The lowest BCUT2D eigenvalue weighted by molar-refractivity contribution is 0.640. The van der Waals surface area contributed by atoms with Gasteiger partial charge in [-0.25, -0.2) is 0 Å². The lowest BCUT2D eigenvalue weighted by Gasteiger charge is -2.26. The van der Waals surface area contributed by atoms with Crippen molar-refractivity contribution < 1.29 is 0 Å². The van der Waals surface area contributed by atoms with E-state index >= 15 is 0 Å². The van der Waals surface area contributed by atoms with Gasteiger partial charge in [0.1, 0.15) is 0 Å². The lowest BCUT2D eigenvalue weighted by atomic mass is 9.77. The molecule has 0 bridgehead atoms. The molecule has 0 saturated heterocycles. The predicted molar refractivity (Wildman–Crippen MR) is 74.4 cm³/mol. The van der Waals surface area contributed by atoms with Crippen molar-refractivity contribution in [3.05, 3.63) is 71.3 Å². The van der Waals surface area contributed by atoms with Crippen LogP contribution in [0.15, 0.2) is 54.6 Å². The van der Waals surface area contributed by atoms with Crippen LogP contribution in [0.1, 0.15) is 37.5 Å². The summed E-state index contributed by atoms with van der Waals surface area (Å²) in [6.07, 6.45) is 1.10. The molecule has 0 aliphatic carbocycles. The third kappa shape index (κ3) is 2.41. The summed E-state index contributed by atoms with van der Waals surface area (Å²) < 4.78 is 0. The number of aryl methyl sites for hydroxylation is 1. The van der Waals surface area contributed by atoms with Gasteiger partial charge in [-0.2, -0.15) is 0 Å². The van der Waals surface area contributed by atoms with Gasteiger partial charge in [0.25, 0.3) is 0 Å². The standard InChI is InChI=1S/C17H20/c1-4-14-9-8-12-16(13-14)17(2,3)15-10-6-5-7-11-15/h5-13H,4H2,1-3H3. The van der Waals surface area contributed by atoms with Crippen molar-refractivity contribution in [3.63, 3.8) is 0 Å². The Labute approximate surface area is 104 Å². The Kier molecular flexibility index (Phi) is 3.33. The summed E-state index contributed by atoms with van der Waals surface area (Å²) >= 11 is 0. The van der Waals surface area contributed by atoms with Crippen LogP contribution in [0.25, 0.3) is 0 Å². The van der Waals surface area contributed by atoms with Gasteiger partial charge in [0.2, 0.25) is 0 Å². The van der Waals surface area contributed by atoms with E-state index in [4.69, 9.17) is 0 Å². The van der Waals surface area contributed by atoms with Crippen LogP contribution in [-0.2, 0) is 11.8 Å². The second-order valence-corrected chi connectivity index (χ2v) is 5.04. The summed E-state index contributed by atoms with van der Waals surface area (Å²) in [5, 5.41) is 0. The minimum Gasteiger partial charge on any atom is -0.0622 e. The van der Waals surface area contributed by atoms with Crippen molar-refractivity contribution in [2.45, 2.75) is 32.6 Å². The van der Waals surface area contributed by atoms with Crippen LogP contribution in [0, 0.1) is 0 Å². The monoisotopic (exact) mass is 224 g/mol. The van der Waals surface area contributed by atoms with E-state index in [0.29, 0.717) is 0 Å². The van der Waals surface area contributed by atoms with Crippen molar-refractivity contribution >= 4 is 0 Å². The zero-order valence-electron chi connectivity index (χ0n) is 10.9. The van der Waals surface area contributed by atoms with E-state index in [1.54, 1.807) is 0 Å². The second-order valence-electron chi connectivity index (χ2n) is 5.04. The molecular formula is C17H20. The molecule has 0 aliphatic rings. The fourth-order valence-electron chi connectivity index (χ4n) is 2.20. The average molecular weight is 224 g/mol. The Morgan fingerprint density at radius 1 is 0.824 bits per heavy atom. The van der Waals surface area contributed by atoms with Gasteiger partial charge in [0.05, 0.1) is 0 Å². The molecule has 2 aromatic rings. The molecule has 2 rings (SSSR count). The average Bonchev–Trinajstić information content (AvgIpc) is 2.40. The summed E-state index contributed by atoms with van der Waals surface area (Å²) in [5.41, 5.74) is 4.25. The highest BCUT2D eigenvalue weighted by Crippen LogP contribution is 2.31. The van der Waals surface area contributed by atoms with Crippen LogP contribution >= 0.6 is 0 Å². The molecule has 0 saturated carbocycles. The first-order valence-electron chi connectivity index (χ1n) is 6.29. The van der Waals surface area contributed by atoms with E-state index in [0.717, 1.165) is 6.42 Å². The molecule has 88 valence electrons. The quantitative estimate of drug-likeness (QED) is 0.716. The van der Waals surface area contributed by atoms with Crippen LogP contribution < -0.4 is 0 Å². The van der Waals surface area contributed by atoms with E-state index in [1.807, 2.05) is 0 Å². The summed E-state index contributed by atoms with van der Waals surface area (Å²) in [6.45, 7) is 6.78. The first-order valence-corrected chi connectivity index (χ1v) is 6.29. The minimum atomic E-state index is 0.0758. The van der Waals surface area contributed by atoms with E-state index < -0.39 is 0 Å². The largest absolute Gasteiger partial charge is 0.0622 e. The van der Waals surface area contributed by atoms with Crippen LogP contribution in [0.2, 0.25) is 0 Å². The van der Waals surface area contributed by atoms with E-state index in [9.17, 15) is 0 Å². The maximum atomic E-state index is 2.33. The molecule has 17 heavy (non-hydrogen) atoms. The molecule has 0 fully saturated rings. The van der Waals surface area contributed by atoms with Crippen LogP contribution in [0.3, 0.4) is 0 Å². The van der Waals surface area contributed by atoms with Gasteiger partial charge in [0, 0.05) is 5.41 Å². The zero-order chi connectivity index (χ0) is 12.3. The van der Waals surface area contributed by atoms with Crippen LogP contribution in [-0.4, -0.2) is 0 Å². The molecule has 0 aromatic heterocycles. The molecule has 0 nitrogen and oxygen atoms in total. The van der Waals surface area contributed by atoms with Gasteiger partial charge in [-0.15, -0.1) is 0 Å². The van der Waals surface area contributed by atoms with E-state index in [-0.39, 0.29) is 5.41 Å². The van der Waals surface area contributed by atoms with Gasteiger partial charge in [0.15, 0.2) is 0 Å². The number of hydrogen-bond donors (Lipinski definition) is 0. The van der Waals surface area contributed by atoms with Crippen molar-refractivity contribution in [1.82, 2.24) is 0 Å². The maximum absolute atomic E-state index is 2.33. The third-order valence-electron chi connectivity index (χ3n) is 3.55. The molecule has 2 aromatic carbocycles. The van der Waals surface area contributed by atoms with Gasteiger partial charge in [-0.3, -0.25) is 0 Å². The fourth-order valence-corrected chi connectivity index (χ4v) is 2.20. The lowest BCUT2D eigenvalue weighted by Crippen LogP contribution is -2.18. The minimum absolute atomic E-state index is 0.0758. The Morgan fingerprint density at radius 2 is 1.47 bits per heavy atom. The van der Waals surface area contributed by atoms with Gasteiger partial charge in [-0.05, 0) is 23.1 Å². The Bertz CT molecular complexity index is 480. The van der Waals surface area contributed by atoms with E-state index in [2.05, 4.69) is 75.4 Å². The Morgan fingerprint density at radius 3 is 2.12 bits per heavy atom. The molecule has 0 atom stereocenters. The third-order valence-corrected chi connectivity index (χ3v) is 3.55. The molecule has 0 spiro atoms. The van der Waals surface area contributed by atoms with Crippen molar-refractivity contribution in [1.29, 1.82) is 0 Å². The molecule has 0 heterocycles. The second kappa shape index (κ2) is 4.75. The fraction of sp³-hybridized carbons (Fsp3) is 0.294. The Balaban J connectivity index is 2.44. The number of rotatable bonds is 3. The normalized spacial score (nSPS) is 11.5. The van der Waals surface area contributed by atoms with Crippen molar-refractivity contribution in [2.24, 2.45) is 0 Å². The topological polar surface area (TPSA) is 0 Å². The summed E-state index contributed by atoms with van der Waals surface area (Å²) in [6, 6.07) is 19.6. The van der Waals surface area contributed by atoms with Gasteiger partial charge < -0.3 is 0 Å². The highest BCUT2D eigenvalue weighted by molar-refractivity contribution is 5.39. The Hall–Kier alpha value is -1.56. The zero-order valence-corrected chi connectivity index (χ0v) is 10.9. The molecular weight excluding hydrogens is 204 g/mol. The van der Waals surface area contributed by atoms with Crippen LogP contribution in [0.5, 0.6) is 0 Å². The van der Waals surface area contributed by atoms with Crippen molar-refractivity contribution in [2.75, 3.05) is 0 Å². The molecule has 0 amide bonds. The maximum Gasteiger partial charge on any atom is 0.0146 e. The first kappa shape index (κ1) is 11.9. The molecule has 0 unspecified atom stereocenters. The molecule has 0 radical (unpaired) electrons. The van der Waals surface area contributed by atoms with E-state index in [1.165, 1.54) is 16.7 Å². The van der Waals surface area contributed by atoms with Gasteiger partial charge in [-0.1, -0.05) is 75.4 Å². The highest BCUT2D eigenvalue weighted by Gasteiger charge is 2.22. The van der Waals surface area contributed by atoms with Gasteiger partial charge >= 0.3 is 0 Å². The smallest absolute Gasteiger partial charge is 0.0146 e. The van der Waals surface area contributed by atoms with Crippen LogP contribution in [0.4, 0.5) is 0 Å². The molecule has 0 heteroatoms.